The number of hydrazone groups is 1. The van der Waals surface area contributed by atoms with Crippen molar-refractivity contribution >= 4 is 38.1 Å². The summed E-state index contributed by atoms with van der Waals surface area (Å²) in [5, 5.41) is 9.82. The van der Waals surface area contributed by atoms with E-state index >= 15 is 0 Å². The normalized spacial score (nSPS) is 16.0. The van der Waals surface area contributed by atoms with Crippen molar-refractivity contribution in [3.05, 3.63) is 88.1 Å². The Kier molecular flexibility index (Phi) is 5.14. The Morgan fingerprint density at radius 3 is 2.53 bits per heavy atom. The van der Waals surface area contributed by atoms with Crippen LogP contribution in [0, 0.1) is 0 Å². The predicted octanol–water partition coefficient (Wildman–Crippen LogP) is 6.53. The summed E-state index contributed by atoms with van der Waals surface area (Å²) in [6, 6.07) is 20.0. The maximum Gasteiger partial charge on any atom is 0.207 e. The Morgan fingerprint density at radius 2 is 1.83 bits per heavy atom. The van der Waals surface area contributed by atoms with Crippen LogP contribution >= 0.6 is 27.3 Å². The van der Waals surface area contributed by atoms with E-state index in [0.717, 1.165) is 50.1 Å². The van der Waals surface area contributed by atoms with Gasteiger partial charge < -0.3 is 9.15 Å². The van der Waals surface area contributed by atoms with E-state index in [4.69, 9.17) is 19.2 Å². The Morgan fingerprint density at radius 1 is 1.07 bits per heavy atom. The van der Waals surface area contributed by atoms with E-state index < -0.39 is 0 Å². The molecular formula is C23H18BrN3O2S. The third kappa shape index (κ3) is 3.66. The Hall–Kier alpha value is -2.90. The number of methoxy groups -OCH3 is 1. The number of halogens is 1. The molecule has 4 aromatic rings. The van der Waals surface area contributed by atoms with Crippen LogP contribution in [0.1, 0.15) is 23.8 Å². The molecule has 0 spiro atoms. The first-order chi connectivity index (χ1) is 14.7. The Labute approximate surface area is 186 Å². The third-order valence-electron chi connectivity index (χ3n) is 5.03. The van der Waals surface area contributed by atoms with Crippen molar-refractivity contribution < 1.29 is 9.15 Å². The first-order valence-electron chi connectivity index (χ1n) is 9.47. The smallest absolute Gasteiger partial charge is 0.207 e. The van der Waals surface area contributed by atoms with E-state index in [9.17, 15) is 0 Å². The van der Waals surface area contributed by atoms with E-state index in [-0.39, 0.29) is 6.04 Å². The summed E-state index contributed by atoms with van der Waals surface area (Å²) in [7, 11) is 1.67. The number of thiazole rings is 1. The van der Waals surface area contributed by atoms with Crippen LogP contribution in [0.4, 0.5) is 5.13 Å². The van der Waals surface area contributed by atoms with Gasteiger partial charge in [0.1, 0.15) is 17.6 Å². The highest BCUT2D eigenvalue weighted by Crippen LogP contribution is 2.39. The number of nitrogens with zero attached hydrogens (tertiary/aromatic N) is 3. The lowest BCUT2D eigenvalue weighted by Crippen LogP contribution is -2.17. The van der Waals surface area contributed by atoms with E-state index in [1.807, 2.05) is 53.5 Å². The summed E-state index contributed by atoms with van der Waals surface area (Å²) < 4.78 is 12.1. The number of furan rings is 1. The summed E-state index contributed by atoms with van der Waals surface area (Å²) in [5.41, 5.74) is 4.08. The molecule has 0 saturated heterocycles. The van der Waals surface area contributed by atoms with Crippen LogP contribution in [-0.2, 0) is 0 Å². The minimum atomic E-state index is -0.0268. The molecule has 0 aliphatic carbocycles. The lowest BCUT2D eigenvalue weighted by molar-refractivity contribution is 0.415. The number of benzene rings is 2. The summed E-state index contributed by atoms with van der Waals surface area (Å²) in [5.74, 6) is 1.71. The van der Waals surface area contributed by atoms with Crippen molar-refractivity contribution in [3.63, 3.8) is 0 Å². The molecule has 0 radical (unpaired) electrons. The minimum absolute atomic E-state index is 0.0268. The first-order valence-corrected chi connectivity index (χ1v) is 11.1. The molecule has 30 heavy (non-hydrogen) atoms. The van der Waals surface area contributed by atoms with Gasteiger partial charge in [-0.2, -0.15) is 5.10 Å². The zero-order valence-corrected chi connectivity index (χ0v) is 18.6. The number of anilines is 1. The lowest BCUT2D eigenvalue weighted by Gasteiger charge is -2.18. The molecule has 1 aliphatic rings. The minimum Gasteiger partial charge on any atom is -0.497 e. The summed E-state index contributed by atoms with van der Waals surface area (Å²) in [6.07, 6.45) is 2.45. The van der Waals surface area contributed by atoms with Crippen molar-refractivity contribution in [2.75, 3.05) is 12.1 Å². The molecule has 3 heterocycles. The number of rotatable bonds is 5. The average Bonchev–Trinajstić information content (AvgIpc) is 3.54. The van der Waals surface area contributed by atoms with Gasteiger partial charge in [0.25, 0.3) is 0 Å². The second-order valence-electron chi connectivity index (χ2n) is 6.88. The highest BCUT2D eigenvalue weighted by atomic mass is 79.9. The van der Waals surface area contributed by atoms with Gasteiger partial charge in [-0.3, -0.25) is 0 Å². The van der Waals surface area contributed by atoms with Crippen LogP contribution in [-0.4, -0.2) is 17.8 Å². The van der Waals surface area contributed by atoms with E-state index in [2.05, 4.69) is 33.4 Å². The monoisotopic (exact) mass is 479 g/mol. The van der Waals surface area contributed by atoms with Crippen molar-refractivity contribution in [3.8, 4) is 17.0 Å². The number of ether oxygens (including phenoxy) is 1. The molecule has 2 aromatic heterocycles. The summed E-state index contributed by atoms with van der Waals surface area (Å²) >= 11 is 5.07. The zero-order chi connectivity index (χ0) is 20.5. The van der Waals surface area contributed by atoms with Crippen LogP contribution in [0.15, 0.2) is 86.3 Å². The molecule has 0 unspecified atom stereocenters. The van der Waals surface area contributed by atoms with Gasteiger partial charge in [-0.1, -0.05) is 28.1 Å². The topological polar surface area (TPSA) is 50.9 Å². The molecule has 0 amide bonds. The molecule has 5 nitrogen and oxygen atoms in total. The van der Waals surface area contributed by atoms with E-state index in [1.54, 1.807) is 24.7 Å². The molecule has 1 aliphatic heterocycles. The van der Waals surface area contributed by atoms with Gasteiger partial charge in [0.15, 0.2) is 0 Å². The van der Waals surface area contributed by atoms with Gasteiger partial charge >= 0.3 is 0 Å². The predicted molar refractivity (Wildman–Crippen MR) is 123 cm³/mol. The van der Waals surface area contributed by atoms with Gasteiger partial charge in [0.2, 0.25) is 5.13 Å². The molecule has 0 bridgehead atoms. The maximum absolute atomic E-state index is 5.73. The Balaban J connectivity index is 1.50. The van der Waals surface area contributed by atoms with Crippen LogP contribution in [0.5, 0.6) is 5.75 Å². The van der Waals surface area contributed by atoms with Gasteiger partial charge in [0, 0.05) is 21.8 Å². The lowest BCUT2D eigenvalue weighted by atomic mass is 10.0. The van der Waals surface area contributed by atoms with Gasteiger partial charge in [-0.15, -0.1) is 11.3 Å². The molecule has 7 heteroatoms. The van der Waals surface area contributed by atoms with Crippen molar-refractivity contribution in [1.82, 2.24) is 4.98 Å². The second-order valence-corrected chi connectivity index (χ2v) is 8.63. The van der Waals surface area contributed by atoms with E-state index in [0.29, 0.717) is 0 Å². The van der Waals surface area contributed by atoms with Crippen LogP contribution in [0.25, 0.3) is 11.3 Å². The average molecular weight is 480 g/mol. The van der Waals surface area contributed by atoms with Crippen LogP contribution in [0.2, 0.25) is 0 Å². The second kappa shape index (κ2) is 8.08. The molecule has 5 rings (SSSR count). The van der Waals surface area contributed by atoms with Gasteiger partial charge in [-0.05, 0) is 54.1 Å². The highest BCUT2D eigenvalue weighted by molar-refractivity contribution is 9.10. The van der Waals surface area contributed by atoms with Crippen molar-refractivity contribution in [1.29, 1.82) is 0 Å². The molecule has 0 fully saturated rings. The van der Waals surface area contributed by atoms with Crippen LogP contribution < -0.4 is 9.75 Å². The molecule has 0 saturated carbocycles. The fourth-order valence-corrected chi connectivity index (χ4v) is 4.57. The molecule has 1 atom stereocenters. The van der Waals surface area contributed by atoms with Gasteiger partial charge in [0.05, 0.1) is 24.8 Å². The van der Waals surface area contributed by atoms with Crippen molar-refractivity contribution in [2.45, 2.75) is 12.5 Å². The third-order valence-corrected chi connectivity index (χ3v) is 6.39. The largest absolute Gasteiger partial charge is 0.497 e. The summed E-state index contributed by atoms with van der Waals surface area (Å²) in [6.45, 7) is 0. The maximum atomic E-state index is 5.73. The standard InChI is InChI=1S/C23H18BrN3O2S/c1-28-18-10-6-15(7-11-18)19-13-21(22-3-2-12-29-22)27(26-19)23-25-20(14-30-23)16-4-8-17(24)9-5-16/h2-12,14,21H,13H2,1H3/t21-/m1/s1. The summed E-state index contributed by atoms with van der Waals surface area (Å²) in [4.78, 5) is 4.87. The number of aromatic nitrogens is 1. The van der Waals surface area contributed by atoms with Crippen molar-refractivity contribution in [2.24, 2.45) is 5.10 Å². The first kappa shape index (κ1) is 19.1. The quantitative estimate of drug-likeness (QED) is 0.326. The molecule has 0 N–H and O–H groups in total. The van der Waals surface area contributed by atoms with Gasteiger partial charge in [-0.25, -0.2) is 9.99 Å². The van der Waals surface area contributed by atoms with E-state index in [1.165, 1.54) is 0 Å². The Bertz CT molecular complexity index is 1170. The fourth-order valence-electron chi connectivity index (χ4n) is 3.47. The van der Waals surface area contributed by atoms with Crippen LogP contribution in [0.3, 0.4) is 0 Å². The molecule has 150 valence electrons. The fraction of sp³-hybridized carbons (Fsp3) is 0.130. The molecule has 2 aromatic carbocycles. The molecular weight excluding hydrogens is 462 g/mol. The highest BCUT2D eigenvalue weighted by Gasteiger charge is 2.33. The number of hydrogen-bond donors (Lipinski definition) is 0. The number of hydrogen-bond acceptors (Lipinski definition) is 6. The SMILES string of the molecule is COc1ccc(C2=NN(c3nc(-c4ccc(Br)cc4)cs3)[C@@H](c3ccco3)C2)cc1. The zero-order valence-electron chi connectivity index (χ0n) is 16.2.